The van der Waals surface area contributed by atoms with Gasteiger partial charge in [0.25, 0.3) is 11.5 Å². The molecular formula is C27H21Cl2N5O4S. The zero-order valence-electron chi connectivity index (χ0n) is 20.2. The van der Waals surface area contributed by atoms with Crippen LogP contribution in [0.25, 0.3) is 22.0 Å². The van der Waals surface area contributed by atoms with E-state index in [0.29, 0.717) is 22.0 Å². The Kier molecular flexibility index (Phi) is 7.17. The molecule has 0 unspecified atom stereocenters. The van der Waals surface area contributed by atoms with Crippen LogP contribution in [0.1, 0.15) is 21.6 Å². The number of nitrogens with one attached hydrogen (secondary N) is 2. The Balaban J connectivity index is 1.74. The van der Waals surface area contributed by atoms with Crippen LogP contribution in [-0.4, -0.2) is 28.9 Å². The number of fused-ring (bicyclic) bond motifs is 1. The number of carbonyl (C=O) groups is 1. The van der Waals surface area contributed by atoms with Gasteiger partial charge in [-0.1, -0.05) is 53.5 Å². The Morgan fingerprint density at radius 1 is 1.00 bits per heavy atom. The summed E-state index contributed by atoms with van der Waals surface area (Å²) in [6, 6.07) is 18.1. The number of benzene rings is 2. The first-order valence-corrected chi connectivity index (χ1v) is 14.0. The van der Waals surface area contributed by atoms with Crippen molar-refractivity contribution in [2.75, 3.05) is 5.73 Å². The van der Waals surface area contributed by atoms with E-state index in [9.17, 15) is 18.0 Å². The molecule has 0 saturated carbocycles. The minimum atomic E-state index is -4.12. The van der Waals surface area contributed by atoms with Gasteiger partial charge in [-0.05, 0) is 47.5 Å². The second-order valence-corrected chi connectivity index (χ2v) is 11.3. The molecule has 5 aromatic rings. The van der Waals surface area contributed by atoms with Crippen molar-refractivity contribution in [3.05, 3.63) is 116 Å². The van der Waals surface area contributed by atoms with Gasteiger partial charge in [0, 0.05) is 35.5 Å². The number of aromatic amines is 1. The summed E-state index contributed by atoms with van der Waals surface area (Å²) in [5.74, 6) is -1.07. The highest BCUT2D eigenvalue weighted by Gasteiger charge is 2.29. The molecule has 12 heteroatoms. The molecule has 0 bridgehead atoms. The molecular weight excluding hydrogens is 561 g/mol. The number of amides is 1. The van der Waals surface area contributed by atoms with Crippen molar-refractivity contribution in [1.29, 1.82) is 0 Å². The summed E-state index contributed by atoms with van der Waals surface area (Å²) < 4.78 is 29.9. The first-order chi connectivity index (χ1) is 18.6. The Hall–Kier alpha value is -4.12. The van der Waals surface area contributed by atoms with E-state index in [-0.39, 0.29) is 39.2 Å². The summed E-state index contributed by atoms with van der Waals surface area (Å²) >= 11 is 12.7. The topological polar surface area (TPSA) is 140 Å². The monoisotopic (exact) mass is 581 g/mol. The number of rotatable bonds is 7. The van der Waals surface area contributed by atoms with Gasteiger partial charge in [0.1, 0.15) is 11.5 Å². The van der Waals surface area contributed by atoms with Crippen molar-refractivity contribution in [2.45, 2.75) is 12.3 Å². The fourth-order valence-corrected chi connectivity index (χ4v) is 5.83. The average Bonchev–Trinajstić information content (AvgIpc) is 3.17. The van der Waals surface area contributed by atoms with Gasteiger partial charge in [0.15, 0.2) is 0 Å². The van der Waals surface area contributed by atoms with E-state index >= 15 is 0 Å². The molecule has 3 aromatic heterocycles. The summed E-state index contributed by atoms with van der Waals surface area (Å²) in [4.78, 5) is 33.4. The minimum absolute atomic E-state index is 0.0629. The third-order valence-corrected chi connectivity index (χ3v) is 7.97. The molecule has 0 radical (unpaired) electrons. The number of nitrogen functional groups attached to an aromatic ring is 1. The number of hydrogen-bond acceptors (Lipinski definition) is 6. The molecule has 0 fully saturated rings. The molecule has 39 heavy (non-hydrogen) atoms. The fraction of sp³-hybridized carbons (Fsp3) is 0.0741. The molecule has 9 nitrogen and oxygen atoms in total. The molecule has 2 aromatic carbocycles. The SMILES string of the molecule is Nc1cc(Cn2c(C(=O)NS(=O)(=O)Cc3ccccc3)c(-c3ccc[nH]c3=O)c3cc(Cl)c(Cl)cc32)ccn1. The lowest BCUT2D eigenvalue weighted by molar-refractivity contribution is 0.0974. The molecule has 4 N–H and O–H groups in total. The van der Waals surface area contributed by atoms with Crippen LogP contribution < -0.4 is 16.0 Å². The van der Waals surface area contributed by atoms with Gasteiger partial charge in [-0.25, -0.2) is 18.1 Å². The Bertz CT molecular complexity index is 1890. The Labute approximate surface area is 233 Å². The first kappa shape index (κ1) is 26.5. The molecule has 0 aliphatic heterocycles. The number of H-pyrrole nitrogens is 1. The molecule has 3 heterocycles. The predicted octanol–water partition coefficient (Wildman–Crippen LogP) is 4.59. The molecule has 0 aliphatic carbocycles. The van der Waals surface area contributed by atoms with E-state index < -0.39 is 27.2 Å². The van der Waals surface area contributed by atoms with E-state index in [2.05, 4.69) is 14.7 Å². The van der Waals surface area contributed by atoms with Gasteiger partial charge in [0.05, 0.1) is 21.3 Å². The molecule has 0 aliphatic rings. The van der Waals surface area contributed by atoms with Gasteiger partial charge in [-0.3, -0.25) is 9.59 Å². The summed E-state index contributed by atoms with van der Waals surface area (Å²) in [5.41, 5.74) is 7.35. The lowest BCUT2D eigenvalue weighted by Gasteiger charge is -2.14. The zero-order chi connectivity index (χ0) is 27.7. The van der Waals surface area contributed by atoms with Crippen molar-refractivity contribution < 1.29 is 13.2 Å². The lowest BCUT2D eigenvalue weighted by atomic mass is 10.0. The quantitative estimate of drug-likeness (QED) is 0.257. The highest BCUT2D eigenvalue weighted by atomic mass is 35.5. The Morgan fingerprint density at radius 2 is 1.74 bits per heavy atom. The number of halogens is 2. The maximum absolute atomic E-state index is 13.8. The molecule has 0 spiro atoms. The highest BCUT2D eigenvalue weighted by Crippen LogP contribution is 2.38. The van der Waals surface area contributed by atoms with Crippen molar-refractivity contribution >= 4 is 55.9 Å². The van der Waals surface area contributed by atoms with Crippen molar-refractivity contribution in [2.24, 2.45) is 0 Å². The third-order valence-electron chi connectivity index (χ3n) is 6.04. The van der Waals surface area contributed by atoms with Crippen LogP contribution in [0, 0.1) is 0 Å². The lowest BCUT2D eigenvalue weighted by Crippen LogP contribution is -2.33. The maximum atomic E-state index is 13.8. The molecule has 0 saturated heterocycles. The van der Waals surface area contributed by atoms with Crippen LogP contribution in [0.3, 0.4) is 0 Å². The fourth-order valence-electron chi connectivity index (χ4n) is 4.43. The highest BCUT2D eigenvalue weighted by molar-refractivity contribution is 7.89. The minimum Gasteiger partial charge on any atom is -0.384 e. The van der Waals surface area contributed by atoms with Crippen LogP contribution in [0.2, 0.25) is 10.0 Å². The molecule has 1 amide bonds. The number of aromatic nitrogens is 3. The number of sulfonamides is 1. The van der Waals surface area contributed by atoms with Gasteiger partial charge in [-0.15, -0.1) is 0 Å². The van der Waals surface area contributed by atoms with E-state index in [1.54, 1.807) is 71.3 Å². The van der Waals surface area contributed by atoms with Gasteiger partial charge < -0.3 is 15.3 Å². The summed E-state index contributed by atoms with van der Waals surface area (Å²) in [5, 5.41) is 0.856. The maximum Gasteiger partial charge on any atom is 0.282 e. The average molecular weight is 582 g/mol. The molecule has 0 atom stereocenters. The number of carbonyl (C=O) groups excluding carboxylic acids is 1. The second-order valence-electron chi connectivity index (χ2n) is 8.77. The predicted molar refractivity (Wildman–Crippen MR) is 152 cm³/mol. The molecule has 5 rings (SSSR count). The van der Waals surface area contributed by atoms with Crippen LogP contribution in [0.4, 0.5) is 5.82 Å². The van der Waals surface area contributed by atoms with E-state index in [1.165, 1.54) is 12.4 Å². The number of nitrogens with two attached hydrogens (primary N) is 1. The standard InChI is InChI=1S/C27H21Cl2N5O4S/c28-20-12-19-22(13-21(20)29)34(14-17-8-10-31-23(30)11-17)25(24(19)18-7-4-9-32-26(18)35)27(36)33-39(37,38)15-16-5-2-1-3-6-16/h1-13H,14-15H2,(H2,30,31)(H,32,35)(H,33,36). The van der Waals surface area contributed by atoms with E-state index in [0.717, 1.165) is 0 Å². The van der Waals surface area contributed by atoms with Crippen molar-refractivity contribution in [1.82, 2.24) is 19.3 Å². The van der Waals surface area contributed by atoms with Gasteiger partial charge >= 0.3 is 0 Å². The zero-order valence-corrected chi connectivity index (χ0v) is 22.5. The third kappa shape index (κ3) is 5.53. The number of anilines is 1. The van der Waals surface area contributed by atoms with Crippen LogP contribution >= 0.6 is 23.2 Å². The normalized spacial score (nSPS) is 11.5. The van der Waals surface area contributed by atoms with Crippen LogP contribution in [0.5, 0.6) is 0 Å². The number of nitrogens with zero attached hydrogens (tertiary/aromatic N) is 2. The summed E-state index contributed by atoms with van der Waals surface area (Å²) in [6.07, 6.45) is 2.98. The van der Waals surface area contributed by atoms with Crippen molar-refractivity contribution in [3.63, 3.8) is 0 Å². The van der Waals surface area contributed by atoms with E-state index in [4.69, 9.17) is 28.9 Å². The van der Waals surface area contributed by atoms with Crippen LogP contribution in [-0.2, 0) is 22.3 Å². The summed E-state index contributed by atoms with van der Waals surface area (Å²) in [6.45, 7) is 0.0907. The van der Waals surface area contributed by atoms with Gasteiger partial charge in [0.2, 0.25) is 10.0 Å². The van der Waals surface area contributed by atoms with Crippen LogP contribution in [0.15, 0.2) is 83.9 Å². The van der Waals surface area contributed by atoms with E-state index in [1.807, 2.05) is 0 Å². The first-order valence-electron chi connectivity index (χ1n) is 11.6. The van der Waals surface area contributed by atoms with Gasteiger partial charge in [-0.2, -0.15) is 0 Å². The largest absolute Gasteiger partial charge is 0.384 e. The summed E-state index contributed by atoms with van der Waals surface area (Å²) in [7, 11) is -4.12. The molecule has 198 valence electrons. The second kappa shape index (κ2) is 10.6. The number of pyridine rings is 2. The Morgan fingerprint density at radius 3 is 2.46 bits per heavy atom. The smallest absolute Gasteiger partial charge is 0.282 e. The van der Waals surface area contributed by atoms with Crippen molar-refractivity contribution in [3.8, 4) is 11.1 Å². The number of hydrogen-bond donors (Lipinski definition) is 3.